The Bertz CT molecular complexity index is 2290. The maximum atomic E-state index is 12.9. The quantitative estimate of drug-likeness (QED) is 0.0870. The number of ether oxygens (including phenoxy) is 6. The minimum atomic E-state index is -0.926. The monoisotopic (exact) mass is 858 g/mol. The average molecular weight is 859 g/mol. The van der Waals surface area contributed by atoms with Gasteiger partial charge < -0.3 is 39.1 Å². The molecule has 0 bridgehead atoms. The molecule has 1 saturated carbocycles. The van der Waals surface area contributed by atoms with Crippen molar-refractivity contribution < 1.29 is 47.6 Å². The van der Waals surface area contributed by atoms with Gasteiger partial charge in [0.2, 0.25) is 0 Å². The lowest BCUT2D eigenvalue weighted by atomic mass is 9.81. The molecule has 1 fully saturated rings. The molecule has 0 radical (unpaired) electrons. The maximum Gasteiger partial charge on any atom is 0.407 e. The van der Waals surface area contributed by atoms with Gasteiger partial charge in [-0.3, -0.25) is 0 Å². The Morgan fingerprint density at radius 3 is 1.33 bits per heavy atom. The molecular formula is C52H46N2O10. The van der Waals surface area contributed by atoms with Crippen LogP contribution < -0.4 is 20.1 Å². The molecule has 1 aliphatic carbocycles. The molecule has 2 amide bonds. The summed E-state index contributed by atoms with van der Waals surface area (Å²) in [5.41, 5.74) is 1.40. The fraction of sp³-hybridized carbons (Fsp3) is 0.308. The van der Waals surface area contributed by atoms with Crippen LogP contribution in [0.15, 0.2) is 73.8 Å². The molecular weight excluding hydrogens is 813 g/mol. The van der Waals surface area contributed by atoms with Crippen molar-refractivity contribution in [1.29, 1.82) is 0 Å². The molecule has 2 aromatic carbocycles. The van der Waals surface area contributed by atoms with Crippen molar-refractivity contribution in [3.05, 3.63) is 85.0 Å². The normalized spacial score (nSPS) is 13.5. The van der Waals surface area contributed by atoms with E-state index in [9.17, 15) is 19.2 Å². The second-order valence-electron chi connectivity index (χ2n) is 13.3. The third-order valence-electron chi connectivity index (χ3n) is 8.53. The third kappa shape index (κ3) is 22.2. The Morgan fingerprint density at radius 2 is 0.953 bits per heavy atom. The van der Waals surface area contributed by atoms with E-state index in [1.807, 2.05) is 0 Å². The molecule has 4 atom stereocenters. The number of rotatable bonds is 18. The molecule has 3 rings (SSSR count). The van der Waals surface area contributed by atoms with Gasteiger partial charge in [0.1, 0.15) is 37.9 Å². The van der Waals surface area contributed by atoms with Gasteiger partial charge in [0.05, 0.1) is 0 Å². The van der Waals surface area contributed by atoms with Gasteiger partial charge in [-0.25, -0.2) is 19.2 Å². The van der Waals surface area contributed by atoms with E-state index >= 15 is 0 Å². The van der Waals surface area contributed by atoms with Crippen LogP contribution in [0, 0.1) is 107 Å². The second-order valence-corrected chi connectivity index (χ2v) is 13.3. The van der Waals surface area contributed by atoms with Gasteiger partial charge in [-0.15, -0.1) is 0 Å². The molecule has 0 aromatic heterocycles. The van der Waals surface area contributed by atoms with E-state index in [0.29, 0.717) is 35.7 Å². The highest BCUT2D eigenvalue weighted by Crippen LogP contribution is 2.28. The van der Waals surface area contributed by atoms with Crippen molar-refractivity contribution in [2.24, 2.45) is 11.8 Å². The van der Waals surface area contributed by atoms with Gasteiger partial charge in [-0.1, -0.05) is 43.3 Å². The summed E-state index contributed by atoms with van der Waals surface area (Å²) >= 11 is 0. The van der Waals surface area contributed by atoms with Crippen LogP contribution in [0.1, 0.15) is 50.7 Å². The zero-order valence-corrected chi connectivity index (χ0v) is 35.7. The number of hydrogen-bond donors (Lipinski definition) is 2. The van der Waals surface area contributed by atoms with Gasteiger partial charge in [0.25, 0.3) is 0 Å². The number of amides is 2. The molecule has 0 saturated heterocycles. The summed E-state index contributed by atoms with van der Waals surface area (Å²) in [6.07, 6.45) is 2.09. The van der Waals surface area contributed by atoms with Crippen LogP contribution in [0.5, 0.6) is 11.5 Å². The highest BCUT2D eigenvalue weighted by molar-refractivity contribution is 5.81. The Hall–Kier alpha value is -8.52. The third-order valence-corrected chi connectivity index (χ3v) is 8.53. The van der Waals surface area contributed by atoms with Crippen LogP contribution in [0.2, 0.25) is 0 Å². The fourth-order valence-electron chi connectivity index (χ4n) is 5.54. The van der Waals surface area contributed by atoms with Crippen LogP contribution in [-0.4, -0.2) is 75.9 Å². The number of benzene rings is 2. The predicted molar refractivity (Wildman–Crippen MR) is 240 cm³/mol. The first-order chi connectivity index (χ1) is 31.2. The van der Waals surface area contributed by atoms with E-state index in [4.69, 9.17) is 28.4 Å². The topological polar surface area (TPSA) is 148 Å². The lowest BCUT2D eigenvalue weighted by molar-refractivity contribution is -0.142. The molecule has 64 heavy (non-hydrogen) atoms. The standard InChI is InChI=1S/C52H46N2O10/c1-5-9-11-13-15-17-19-22-41-26-30-45(31-27-41)59-37-47(39-61-49(55)7-3)63-51(57)53-35-43-24-21-25-44(34-43)36-54-52(58)64-48(40-62-50(56)8-4)38-60-46-32-28-42(29-33-46)23-20-18-16-14-12-10-6-2/h7-8,26-33,43-44,47-48H,3-4,21,24-25,34-40H2,1-2H3,(H,53,57)(H,54,58). The fourth-order valence-corrected chi connectivity index (χ4v) is 5.54. The number of hydrogen-bond acceptors (Lipinski definition) is 10. The number of esters is 2. The summed E-state index contributed by atoms with van der Waals surface area (Å²) in [5.74, 6) is 42.3. The van der Waals surface area contributed by atoms with Crippen molar-refractivity contribution in [3.63, 3.8) is 0 Å². The smallest absolute Gasteiger partial charge is 0.407 e. The highest BCUT2D eigenvalue weighted by atomic mass is 16.6. The molecule has 324 valence electrons. The Kier molecular flexibility index (Phi) is 23.7. The summed E-state index contributed by atoms with van der Waals surface area (Å²) in [5, 5.41) is 5.61. The summed E-state index contributed by atoms with van der Waals surface area (Å²) in [6, 6.07) is 13.8. The van der Waals surface area contributed by atoms with Crippen LogP contribution in [0.3, 0.4) is 0 Å². The van der Waals surface area contributed by atoms with E-state index in [0.717, 1.165) is 37.8 Å². The number of carbonyl (C=O) groups is 4. The van der Waals surface area contributed by atoms with Gasteiger partial charge in [0, 0.05) is 36.4 Å². The number of alkyl carbamates (subject to hydrolysis) is 2. The van der Waals surface area contributed by atoms with E-state index in [1.54, 1.807) is 62.4 Å². The van der Waals surface area contributed by atoms with Crippen molar-refractivity contribution >= 4 is 24.1 Å². The Balaban J connectivity index is 1.47. The first-order valence-corrected chi connectivity index (χ1v) is 20.0. The van der Waals surface area contributed by atoms with Gasteiger partial charge in [-0.05, 0) is 165 Å². The zero-order valence-electron chi connectivity index (χ0n) is 35.7. The number of carbonyl (C=O) groups excluding carboxylic acids is 4. The zero-order chi connectivity index (χ0) is 46.0. The molecule has 12 nitrogen and oxygen atoms in total. The minimum Gasteiger partial charge on any atom is -0.490 e. The summed E-state index contributed by atoms with van der Waals surface area (Å²) < 4.78 is 33.1. The van der Waals surface area contributed by atoms with Gasteiger partial charge in [0.15, 0.2) is 12.2 Å². The Morgan fingerprint density at radius 1 is 0.578 bits per heavy atom. The van der Waals surface area contributed by atoms with Crippen molar-refractivity contribution in [2.45, 2.75) is 51.7 Å². The lowest BCUT2D eigenvalue weighted by Crippen LogP contribution is -2.40. The number of nitrogens with one attached hydrogen (secondary N) is 2. The summed E-state index contributed by atoms with van der Waals surface area (Å²) in [4.78, 5) is 49.3. The lowest BCUT2D eigenvalue weighted by Gasteiger charge is -2.29. The van der Waals surface area contributed by atoms with Gasteiger partial charge in [-0.2, -0.15) is 0 Å². The molecule has 0 spiro atoms. The van der Waals surface area contributed by atoms with Crippen molar-refractivity contribution in [3.8, 4) is 106 Å². The summed E-state index contributed by atoms with van der Waals surface area (Å²) in [7, 11) is 0. The summed E-state index contributed by atoms with van der Waals surface area (Å²) in [6.45, 7) is 10.1. The largest absolute Gasteiger partial charge is 0.490 e. The first-order valence-electron chi connectivity index (χ1n) is 20.0. The average Bonchev–Trinajstić information content (AvgIpc) is 3.31. The molecule has 12 heteroatoms. The first kappa shape index (κ1) is 49.8. The van der Waals surface area contributed by atoms with E-state index < -0.39 is 36.3 Å². The van der Waals surface area contributed by atoms with Crippen molar-refractivity contribution in [1.82, 2.24) is 10.6 Å². The molecule has 0 heterocycles. The molecule has 1 aliphatic rings. The van der Waals surface area contributed by atoms with Crippen LogP contribution in [0.25, 0.3) is 0 Å². The van der Waals surface area contributed by atoms with E-state index in [2.05, 4.69) is 119 Å². The molecule has 4 unspecified atom stereocenters. The van der Waals surface area contributed by atoms with Crippen molar-refractivity contribution in [2.75, 3.05) is 39.5 Å². The predicted octanol–water partition coefficient (Wildman–Crippen LogP) is 5.36. The SMILES string of the molecule is C=CC(=O)OCC(COc1ccc(C#CC#CC#CC#CC)cc1)OC(=O)NCC1CCCC(CNC(=O)OC(COC(=O)C=C)COc2ccc(C#CC#CC#CC#CC)cc2)C1. The molecule has 2 N–H and O–H groups in total. The molecule has 2 aromatic rings. The second kappa shape index (κ2) is 30.5. The van der Waals surface area contributed by atoms with Crippen LogP contribution in [-0.2, 0) is 28.5 Å². The van der Waals surface area contributed by atoms with Gasteiger partial charge >= 0.3 is 24.1 Å². The van der Waals surface area contributed by atoms with Crippen LogP contribution in [0.4, 0.5) is 9.59 Å². The minimum absolute atomic E-state index is 0.0999. The maximum absolute atomic E-state index is 12.9. The Labute approximate surface area is 375 Å². The highest BCUT2D eigenvalue weighted by Gasteiger charge is 2.25. The van der Waals surface area contributed by atoms with Crippen LogP contribution >= 0.6 is 0 Å². The molecule has 0 aliphatic heterocycles. The van der Waals surface area contributed by atoms with E-state index in [1.165, 1.54) is 0 Å². The van der Waals surface area contributed by atoms with E-state index in [-0.39, 0.29) is 38.3 Å².